The van der Waals surface area contributed by atoms with E-state index in [9.17, 15) is 22.8 Å². The average molecular weight is 487 g/mol. The second-order valence-corrected chi connectivity index (χ2v) is 9.82. The third kappa shape index (κ3) is 6.48. The molecule has 0 aliphatic heterocycles. The van der Waals surface area contributed by atoms with E-state index >= 15 is 0 Å². The van der Waals surface area contributed by atoms with E-state index in [1.54, 1.807) is 36.4 Å². The molecule has 0 radical (unpaired) electrons. The largest absolute Gasteiger partial charge is 0.471 e. The topological polar surface area (TPSA) is 49.4 Å². The molecule has 1 heterocycles. The predicted octanol–water partition coefficient (Wildman–Crippen LogP) is 5.83. The van der Waals surface area contributed by atoms with Crippen LogP contribution in [0.2, 0.25) is 5.02 Å². The monoisotopic (exact) mass is 486 g/mol. The van der Waals surface area contributed by atoms with Crippen molar-refractivity contribution < 1.29 is 22.8 Å². The molecule has 0 saturated heterocycles. The Labute approximate surface area is 194 Å². The molecule has 0 spiro atoms. The molecular formula is C23H26ClF3N2O2S. The van der Waals surface area contributed by atoms with Gasteiger partial charge in [-0.15, -0.1) is 11.3 Å². The predicted molar refractivity (Wildman–Crippen MR) is 120 cm³/mol. The first-order chi connectivity index (χ1) is 15.1. The Morgan fingerprint density at radius 1 is 1.12 bits per heavy atom. The molecule has 1 atom stereocenters. The zero-order valence-corrected chi connectivity index (χ0v) is 19.3. The fourth-order valence-electron chi connectivity index (χ4n) is 3.96. The Morgan fingerprint density at radius 3 is 2.34 bits per heavy atom. The number of rotatable bonds is 7. The van der Waals surface area contributed by atoms with E-state index in [1.165, 1.54) is 11.3 Å². The van der Waals surface area contributed by atoms with Crippen LogP contribution in [0.15, 0.2) is 36.4 Å². The van der Waals surface area contributed by atoms with Crippen LogP contribution in [0.1, 0.15) is 53.5 Å². The molecule has 0 bridgehead atoms. The van der Waals surface area contributed by atoms with Gasteiger partial charge in [-0.2, -0.15) is 13.2 Å². The van der Waals surface area contributed by atoms with Crippen LogP contribution in [0.3, 0.4) is 0 Å². The lowest BCUT2D eigenvalue weighted by Gasteiger charge is -2.33. The number of carbonyl (C=O) groups excluding carboxylic acids is 2. The standard InChI is InChI=1S/C23H26ClF3N2O2S/c1-15-7-12-19(32-15)20(21(30)28-18-5-3-2-4-6-18)29(22(31)23(25,26)27)14-13-16-8-10-17(24)11-9-16/h7-12,18,20H,2-6,13-14H2,1H3,(H,28,30)/t20-/m0/s1. The molecule has 9 heteroatoms. The van der Waals surface area contributed by atoms with Gasteiger partial charge in [0.25, 0.3) is 0 Å². The van der Waals surface area contributed by atoms with Gasteiger partial charge in [0.15, 0.2) is 0 Å². The zero-order chi connectivity index (χ0) is 23.3. The molecule has 3 rings (SSSR count). The summed E-state index contributed by atoms with van der Waals surface area (Å²) in [5.41, 5.74) is 0.725. The highest BCUT2D eigenvalue weighted by molar-refractivity contribution is 7.12. The van der Waals surface area contributed by atoms with Crippen LogP contribution in [0.4, 0.5) is 13.2 Å². The molecule has 0 unspecified atom stereocenters. The van der Waals surface area contributed by atoms with E-state index in [4.69, 9.17) is 11.6 Å². The molecule has 1 N–H and O–H groups in total. The maximum Gasteiger partial charge on any atom is 0.471 e. The SMILES string of the molecule is Cc1ccc([C@@H](C(=O)NC2CCCCC2)N(CCc2ccc(Cl)cc2)C(=O)C(F)(F)F)s1. The Hall–Kier alpha value is -2.06. The van der Waals surface area contributed by atoms with Crippen molar-refractivity contribution in [3.8, 4) is 0 Å². The minimum absolute atomic E-state index is 0.0843. The summed E-state index contributed by atoms with van der Waals surface area (Å²) in [6.45, 7) is 1.56. The summed E-state index contributed by atoms with van der Waals surface area (Å²) in [5.74, 6) is -2.58. The Bertz CT molecular complexity index is 924. The number of nitrogens with one attached hydrogen (secondary N) is 1. The van der Waals surface area contributed by atoms with Gasteiger partial charge in [0, 0.05) is 27.4 Å². The Kier molecular flexibility index (Phi) is 8.22. The fourth-order valence-corrected chi connectivity index (χ4v) is 5.08. The van der Waals surface area contributed by atoms with Gasteiger partial charge >= 0.3 is 12.1 Å². The fraction of sp³-hybridized carbons (Fsp3) is 0.478. The van der Waals surface area contributed by atoms with Gasteiger partial charge in [0.2, 0.25) is 5.91 Å². The van der Waals surface area contributed by atoms with Crippen LogP contribution in [0.5, 0.6) is 0 Å². The first kappa shape index (κ1) is 24.6. The van der Waals surface area contributed by atoms with Crippen molar-refractivity contribution in [3.05, 3.63) is 56.7 Å². The highest BCUT2D eigenvalue weighted by Gasteiger charge is 2.47. The highest BCUT2D eigenvalue weighted by Crippen LogP contribution is 2.32. The number of halogens is 4. The van der Waals surface area contributed by atoms with Gasteiger partial charge in [-0.1, -0.05) is 43.0 Å². The summed E-state index contributed by atoms with van der Waals surface area (Å²) in [4.78, 5) is 27.7. The molecule has 32 heavy (non-hydrogen) atoms. The zero-order valence-electron chi connectivity index (χ0n) is 17.8. The molecule has 1 aliphatic carbocycles. The average Bonchev–Trinajstić information content (AvgIpc) is 3.17. The molecule has 2 amide bonds. The maximum atomic E-state index is 13.5. The number of hydrogen-bond donors (Lipinski definition) is 1. The van der Waals surface area contributed by atoms with E-state index < -0.39 is 24.0 Å². The Morgan fingerprint density at radius 2 is 1.78 bits per heavy atom. The van der Waals surface area contributed by atoms with Gasteiger partial charge in [0.1, 0.15) is 6.04 Å². The van der Waals surface area contributed by atoms with Crippen molar-refractivity contribution in [1.82, 2.24) is 10.2 Å². The van der Waals surface area contributed by atoms with Crippen LogP contribution in [-0.4, -0.2) is 35.5 Å². The van der Waals surface area contributed by atoms with Gasteiger partial charge in [0.05, 0.1) is 0 Å². The van der Waals surface area contributed by atoms with Gasteiger partial charge in [-0.3, -0.25) is 9.59 Å². The summed E-state index contributed by atoms with van der Waals surface area (Å²) < 4.78 is 40.6. The van der Waals surface area contributed by atoms with Crippen LogP contribution in [0.25, 0.3) is 0 Å². The van der Waals surface area contributed by atoms with Crippen molar-refractivity contribution in [2.75, 3.05) is 6.54 Å². The van der Waals surface area contributed by atoms with E-state index in [2.05, 4.69) is 5.32 Å². The number of hydrogen-bond acceptors (Lipinski definition) is 3. The lowest BCUT2D eigenvalue weighted by Crippen LogP contribution is -2.50. The van der Waals surface area contributed by atoms with Crippen LogP contribution in [-0.2, 0) is 16.0 Å². The molecular weight excluding hydrogens is 461 g/mol. The van der Waals surface area contributed by atoms with Crippen LogP contribution < -0.4 is 5.32 Å². The molecule has 1 aromatic heterocycles. The van der Waals surface area contributed by atoms with E-state index in [1.807, 2.05) is 6.92 Å². The van der Waals surface area contributed by atoms with Crippen molar-refractivity contribution in [1.29, 1.82) is 0 Å². The number of carbonyl (C=O) groups is 2. The van der Waals surface area contributed by atoms with Crippen molar-refractivity contribution >= 4 is 34.8 Å². The number of benzene rings is 1. The number of aryl methyl sites for hydroxylation is 1. The van der Waals surface area contributed by atoms with Crippen LogP contribution in [0, 0.1) is 6.92 Å². The highest BCUT2D eigenvalue weighted by atomic mass is 35.5. The second kappa shape index (κ2) is 10.7. The van der Waals surface area contributed by atoms with Crippen molar-refractivity contribution in [3.63, 3.8) is 0 Å². The Balaban J connectivity index is 1.90. The lowest BCUT2D eigenvalue weighted by molar-refractivity contribution is -0.188. The van der Waals surface area contributed by atoms with Gasteiger partial charge < -0.3 is 10.2 Å². The van der Waals surface area contributed by atoms with Gasteiger partial charge in [-0.25, -0.2) is 0 Å². The molecule has 2 aromatic rings. The minimum atomic E-state index is -5.09. The van der Waals surface area contributed by atoms with E-state index in [0.717, 1.165) is 42.5 Å². The summed E-state index contributed by atoms with van der Waals surface area (Å²) in [7, 11) is 0. The van der Waals surface area contributed by atoms with Crippen LogP contribution >= 0.6 is 22.9 Å². The minimum Gasteiger partial charge on any atom is -0.351 e. The number of nitrogens with zero attached hydrogens (tertiary/aromatic N) is 1. The quantitative estimate of drug-likeness (QED) is 0.535. The third-order valence-electron chi connectivity index (χ3n) is 5.60. The first-order valence-electron chi connectivity index (χ1n) is 10.6. The summed E-state index contributed by atoms with van der Waals surface area (Å²) in [5, 5.41) is 3.42. The molecule has 1 aliphatic rings. The summed E-state index contributed by atoms with van der Waals surface area (Å²) >= 11 is 7.11. The molecule has 1 aromatic carbocycles. The van der Waals surface area contributed by atoms with E-state index in [-0.39, 0.29) is 19.0 Å². The summed E-state index contributed by atoms with van der Waals surface area (Å²) in [6.07, 6.45) is -0.323. The van der Waals surface area contributed by atoms with E-state index in [0.29, 0.717) is 14.8 Å². The first-order valence-corrected chi connectivity index (χ1v) is 11.8. The molecule has 4 nitrogen and oxygen atoms in total. The second-order valence-electron chi connectivity index (χ2n) is 8.07. The normalized spacial score (nSPS) is 15.9. The van der Waals surface area contributed by atoms with Crippen molar-refractivity contribution in [2.45, 2.75) is 63.7 Å². The lowest BCUT2D eigenvalue weighted by atomic mass is 9.95. The van der Waals surface area contributed by atoms with Gasteiger partial charge in [-0.05, 0) is 56.0 Å². The maximum absolute atomic E-state index is 13.5. The molecule has 1 saturated carbocycles. The molecule has 174 valence electrons. The third-order valence-corrected chi connectivity index (χ3v) is 6.91. The number of thiophene rings is 1. The number of amides is 2. The van der Waals surface area contributed by atoms with Crippen molar-refractivity contribution in [2.24, 2.45) is 0 Å². The number of alkyl halides is 3. The smallest absolute Gasteiger partial charge is 0.351 e. The summed E-state index contributed by atoms with van der Waals surface area (Å²) in [6, 6.07) is 8.64. The molecule has 1 fully saturated rings.